The number of likely N-dealkylation sites (tertiary alicyclic amines) is 1. The smallest absolute Gasteiger partial charge is 0.222 e. The van der Waals surface area contributed by atoms with Gasteiger partial charge < -0.3 is 15.5 Å². The molecule has 2 N–H and O–H groups in total. The molecule has 0 bridgehead atoms. The third kappa shape index (κ3) is 4.44. The number of nitriles is 1. The Bertz CT molecular complexity index is 667. The molecule has 1 aromatic rings. The first-order valence-corrected chi connectivity index (χ1v) is 8.00. The predicted octanol–water partition coefficient (Wildman–Crippen LogP) is 1.37. The molecule has 1 aliphatic rings. The highest BCUT2D eigenvalue weighted by atomic mass is 19.1. The molecular weight excluding hydrogens is 309 g/mol. The van der Waals surface area contributed by atoms with Crippen LogP contribution in [0.25, 0.3) is 0 Å². The van der Waals surface area contributed by atoms with Gasteiger partial charge in [-0.2, -0.15) is 5.26 Å². The second-order valence-corrected chi connectivity index (χ2v) is 5.67. The molecule has 1 amide bonds. The molecule has 1 heterocycles. The highest BCUT2D eigenvalue weighted by molar-refractivity contribution is 5.80. The van der Waals surface area contributed by atoms with E-state index in [9.17, 15) is 9.18 Å². The normalized spacial score (nSPS) is 17.5. The van der Waals surface area contributed by atoms with E-state index < -0.39 is 0 Å². The molecule has 1 aliphatic heterocycles. The van der Waals surface area contributed by atoms with Gasteiger partial charge in [-0.15, -0.1) is 0 Å². The number of hydrogen-bond donors (Lipinski definition) is 2. The Morgan fingerprint density at radius 2 is 2.33 bits per heavy atom. The molecule has 7 heteroatoms. The number of benzene rings is 1. The summed E-state index contributed by atoms with van der Waals surface area (Å²) in [6.45, 7) is 3.46. The number of nitrogens with zero attached hydrogens (tertiary/aromatic N) is 3. The monoisotopic (exact) mass is 331 g/mol. The average molecular weight is 331 g/mol. The van der Waals surface area contributed by atoms with E-state index in [0.29, 0.717) is 30.1 Å². The molecule has 6 nitrogen and oxygen atoms in total. The number of hydrogen-bond acceptors (Lipinski definition) is 3. The first-order chi connectivity index (χ1) is 11.6. The van der Waals surface area contributed by atoms with E-state index in [-0.39, 0.29) is 24.3 Å². The zero-order valence-corrected chi connectivity index (χ0v) is 14.0. The minimum Gasteiger partial charge on any atom is -0.352 e. The average Bonchev–Trinajstić information content (AvgIpc) is 3.07. The molecule has 1 atom stereocenters. The van der Waals surface area contributed by atoms with Gasteiger partial charge in [0.15, 0.2) is 5.96 Å². The minimum atomic E-state index is -0.363. The number of halogens is 1. The van der Waals surface area contributed by atoms with E-state index in [4.69, 9.17) is 5.26 Å². The first kappa shape index (κ1) is 17.7. The topological polar surface area (TPSA) is 80.5 Å². The SMILES string of the molecule is CCC(=O)N1CCC(NC(=NC)NCc2cc(C#N)ccc2F)C1. The largest absolute Gasteiger partial charge is 0.352 e. The standard InChI is InChI=1S/C17H22FN5O/c1-3-16(24)23-7-6-14(11-23)22-17(20-2)21-10-13-8-12(9-19)4-5-15(13)18/h4-5,8,14H,3,6-7,10-11H2,1-2H3,(H2,20,21,22). The molecule has 1 aromatic carbocycles. The lowest BCUT2D eigenvalue weighted by Crippen LogP contribution is -2.44. The molecule has 0 saturated carbocycles. The van der Waals surface area contributed by atoms with Crippen molar-refractivity contribution in [1.82, 2.24) is 15.5 Å². The third-order valence-corrected chi connectivity index (χ3v) is 4.03. The molecule has 128 valence electrons. The van der Waals surface area contributed by atoms with Gasteiger partial charge in [-0.1, -0.05) is 6.92 Å². The zero-order chi connectivity index (χ0) is 17.5. The number of guanidine groups is 1. The quantitative estimate of drug-likeness (QED) is 0.645. The second-order valence-electron chi connectivity index (χ2n) is 5.67. The summed E-state index contributed by atoms with van der Waals surface area (Å²) in [6, 6.07) is 6.38. The predicted molar refractivity (Wildman–Crippen MR) is 89.7 cm³/mol. The summed E-state index contributed by atoms with van der Waals surface area (Å²) in [6.07, 6.45) is 1.36. The maximum Gasteiger partial charge on any atom is 0.222 e. The lowest BCUT2D eigenvalue weighted by atomic mass is 10.1. The summed E-state index contributed by atoms with van der Waals surface area (Å²) < 4.78 is 13.8. The van der Waals surface area contributed by atoms with Crippen LogP contribution in [0.15, 0.2) is 23.2 Å². The van der Waals surface area contributed by atoms with Crippen molar-refractivity contribution in [3.63, 3.8) is 0 Å². The fourth-order valence-corrected chi connectivity index (χ4v) is 2.67. The van der Waals surface area contributed by atoms with Crippen molar-refractivity contribution >= 4 is 11.9 Å². The summed E-state index contributed by atoms with van der Waals surface area (Å²) >= 11 is 0. The molecule has 0 spiro atoms. The van der Waals surface area contributed by atoms with E-state index >= 15 is 0 Å². The molecule has 1 unspecified atom stereocenters. The second kappa shape index (κ2) is 8.29. The van der Waals surface area contributed by atoms with Crippen molar-refractivity contribution in [3.8, 4) is 6.07 Å². The Labute approximate surface area is 141 Å². The zero-order valence-electron chi connectivity index (χ0n) is 14.0. The molecular formula is C17H22FN5O. The maximum atomic E-state index is 13.8. The fourth-order valence-electron chi connectivity index (χ4n) is 2.67. The van der Waals surface area contributed by atoms with E-state index in [1.165, 1.54) is 18.2 Å². The summed E-state index contributed by atoms with van der Waals surface area (Å²) in [5.74, 6) is 0.336. The van der Waals surface area contributed by atoms with Gasteiger partial charge in [-0.3, -0.25) is 9.79 Å². The maximum absolute atomic E-state index is 13.8. The van der Waals surface area contributed by atoms with Crippen LogP contribution in [0.4, 0.5) is 4.39 Å². The van der Waals surface area contributed by atoms with Gasteiger partial charge in [-0.25, -0.2) is 4.39 Å². The van der Waals surface area contributed by atoms with Gasteiger partial charge in [0.25, 0.3) is 0 Å². The lowest BCUT2D eigenvalue weighted by Gasteiger charge is -2.19. The van der Waals surface area contributed by atoms with Gasteiger partial charge in [0.05, 0.1) is 11.6 Å². The Morgan fingerprint density at radius 1 is 1.54 bits per heavy atom. The van der Waals surface area contributed by atoms with Crippen LogP contribution in [0.2, 0.25) is 0 Å². The Kier molecular flexibility index (Phi) is 6.13. The van der Waals surface area contributed by atoms with E-state index in [1.54, 1.807) is 7.05 Å². The molecule has 0 aromatic heterocycles. The van der Waals surface area contributed by atoms with Crippen LogP contribution in [0.1, 0.15) is 30.9 Å². The van der Waals surface area contributed by atoms with Crippen molar-refractivity contribution in [1.29, 1.82) is 5.26 Å². The van der Waals surface area contributed by atoms with Gasteiger partial charge >= 0.3 is 0 Å². The molecule has 1 saturated heterocycles. The van der Waals surface area contributed by atoms with Gasteiger partial charge in [0.2, 0.25) is 5.91 Å². The summed E-state index contributed by atoms with van der Waals surface area (Å²) in [5.41, 5.74) is 0.826. The van der Waals surface area contributed by atoms with E-state index in [1.807, 2.05) is 17.9 Å². The number of nitrogens with one attached hydrogen (secondary N) is 2. The molecule has 0 aliphatic carbocycles. The summed E-state index contributed by atoms with van der Waals surface area (Å²) in [5, 5.41) is 15.2. The molecule has 1 fully saturated rings. The number of carbonyl (C=O) groups excluding carboxylic acids is 1. The van der Waals surface area contributed by atoms with Crippen LogP contribution in [0.5, 0.6) is 0 Å². The van der Waals surface area contributed by atoms with Crippen molar-refractivity contribution in [2.24, 2.45) is 4.99 Å². The number of aliphatic imine (C=N–C) groups is 1. The lowest BCUT2D eigenvalue weighted by molar-refractivity contribution is -0.129. The van der Waals surface area contributed by atoms with Crippen LogP contribution >= 0.6 is 0 Å². The highest BCUT2D eigenvalue weighted by Crippen LogP contribution is 2.11. The Morgan fingerprint density at radius 3 is 3.00 bits per heavy atom. The molecule has 0 radical (unpaired) electrons. The van der Waals surface area contributed by atoms with Crippen LogP contribution in [0, 0.1) is 17.1 Å². The fraction of sp³-hybridized carbons (Fsp3) is 0.471. The summed E-state index contributed by atoms with van der Waals surface area (Å²) in [4.78, 5) is 17.7. The van der Waals surface area contributed by atoms with Crippen molar-refractivity contribution in [2.45, 2.75) is 32.4 Å². The van der Waals surface area contributed by atoms with Gasteiger partial charge in [0.1, 0.15) is 5.82 Å². The van der Waals surface area contributed by atoms with Crippen LogP contribution in [0.3, 0.4) is 0 Å². The van der Waals surface area contributed by atoms with E-state index in [0.717, 1.165) is 13.0 Å². The summed E-state index contributed by atoms with van der Waals surface area (Å²) in [7, 11) is 1.64. The van der Waals surface area contributed by atoms with Crippen molar-refractivity contribution < 1.29 is 9.18 Å². The van der Waals surface area contributed by atoms with Crippen molar-refractivity contribution in [2.75, 3.05) is 20.1 Å². The molecule has 24 heavy (non-hydrogen) atoms. The highest BCUT2D eigenvalue weighted by Gasteiger charge is 2.25. The van der Waals surface area contributed by atoms with Crippen LogP contribution in [-0.2, 0) is 11.3 Å². The van der Waals surface area contributed by atoms with E-state index in [2.05, 4.69) is 15.6 Å². The Hall–Kier alpha value is -2.62. The third-order valence-electron chi connectivity index (χ3n) is 4.03. The number of rotatable bonds is 4. The molecule has 2 rings (SSSR count). The van der Waals surface area contributed by atoms with Crippen LogP contribution < -0.4 is 10.6 Å². The van der Waals surface area contributed by atoms with Gasteiger partial charge in [0, 0.05) is 44.7 Å². The number of carbonyl (C=O) groups is 1. The first-order valence-electron chi connectivity index (χ1n) is 8.00. The van der Waals surface area contributed by atoms with Crippen molar-refractivity contribution in [3.05, 3.63) is 35.1 Å². The number of amides is 1. The van der Waals surface area contributed by atoms with Gasteiger partial charge in [-0.05, 0) is 24.6 Å². The van der Waals surface area contributed by atoms with Crippen LogP contribution in [-0.4, -0.2) is 42.9 Å². The Balaban J connectivity index is 1.90. The minimum absolute atomic E-state index is 0.127.